The number of nitrogens with two attached hydrogens (primary N) is 1. The van der Waals surface area contributed by atoms with Crippen LogP contribution >= 0.6 is 15.9 Å². The van der Waals surface area contributed by atoms with E-state index in [1.807, 2.05) is 25.1 Å². The summed E-state index contributed by atoms with van der Waals surface area (Å²) >= 11 is 3.34. The van der Waals surface area contributed by atoms with Crippen LogP contribution in [0.4, 0.5) is 4.39 Å². The van der Waals surface area contributed by atoms with Crippen LogP contribution < -0.4 is 5.73 Å². The zero-order valence-electron chi connectivity index (χ0n) is 6.85. The summed E-state index contributed by atoms with van der Waals surface area (Å²) in [4.78, 5) is 0. The molecule has 0 aliphatic rings. The minimum atomic E-state index is -0.526. The van der Waals surface area contributed by atoms with E-state index in [4.69, 9.17) is 5.73 Å². The molecule has 0 aliphatic carbocycles. The molecule has 0 saturated carbocycles. The van der Waals surface area contributed by atoms with Crippen LogP contribution in [-0.4, -0.2) is 6.67 Å². The fourth-order valence-corrected chi connectivity index (χ4v) is 1.80. The average molecular weight is 232 g/mol. The highest BCUT2D eigenvalue weighted by Gasteiger charge is 2.08. The normalized spacial score (nSPS) is 13.0. The molecular weight excluding hydrogens is 221 g/mol. The molecule has 0 heterocycles. The highest BCUT2D eigenvalue weighted by molar-refractivity contribution is 9.10. The third kappa shape index (κ3) is 2.05. The molecule has 0 bridgehead atoms. The number of alkyl halides is 1. The zero-order chi connectivity index (χ0) is 9.14. The van der Waals surface area contributed by atoms with Crippen molar-refractivity contribution in [2.75, 3.05) is 6.67 Å². The lowest BCUT2D eigenvalue weighted by Crippen LogP contribution is -2.12. The quantitative estimate of drug-likeness (QED) is 0.833. The van der Waals surface area contributed by atoms with Crippen molar-refractivity contribution in [2.45, 2.75) is 13.0 Å². The fourth-order valence-electron chi connectivity index (χ4n) is 1.02. The highest BCUT2D eigenvalue weighted by Crippen LogP contribution is 2.23. The lowest BCUT2D eigenvalue weighted by atomic mass is 10.1. The van der Waals surface area contributed by atoms with Gasteiger partial charge in [-0.15, -0.1) is 0 Å². The third-order valence-electron chi connectivity index (χ3n) is 1.72. The molecule has 0 aromatic heterocycles. The fraction of sp³-hybridized carbons (Fsp3) is 0.333. The molecule has 1 nitrogen and oxygen atoms in total. The summed E-state index contributed by atoms with van der Waals surface area (Å²) in [6.45, 7) is 1.46. The van der Waals surface area contributed by atoms with E-state index in [2.05, 4.69) is 15.9 Å². The van der Waals surface area contributed by atoms with Gasteiger partial charge in [-0.3, -0.25) is 0 Å². The van der Waals surface area contributed by atoms with Crippen molar-refractivity contribution in [2.24, 2.45) is 5.73 Å². The number of rotatable bonds is 2. The molecule has 0 aliphatic heterocycles. The maximum atomic E-state index is 12.2. The van der Waals surface area contributed by atoms with Gasteiger partial charge in [0, 0.05) is 4.47 Å². The van der Waals surface area contributed by atoms with E-state index in [-0.39, 0.29) is 0 Å². The second-order valence-corrected chi connectivity index (χ2v) is 3.64. The summed E-state index contributed by atoms with van der Waals surface area (Å²) in [5.74, 6) is 0. The van der Waals surface area contributed by atoms with Crippen molar-refractivity contribution in [3.8, 4) is 0 Å². The Kier molecular flexibility index (Phi) is 3.23. The van der Waals surface area contributed by atoms with Crippen LogP contribution in [0.1, 0.15) is 17.2 Å². The predicted octanol–water partition coefficient (Wildman–Crippen LogP) is 2.73. The topological polar surface area (TPSA) is 26.0 Å². The maximum absolute atomic E-state index is 12.2. The van der Waals surface area contributed by atoms with Gasteiger partial charge in [0.05, 0.1) is 6.04 Å². The van der Waals surface area contributed by atoms with Gasteiger partial charge in [0.15, 0.2) is 0 Å². The standard InChI is InChI=1S/C9H11BrFN/c1-6-2-3-7(8(10)4-6)9(12)5-11/h2-4,9H,5,12H2,1H3. The summed E-state index contributed by atoms with van der Waals surface area (Å²) in [6.07, 6.45) is 0. The molecule has 2 N–H and O–H groups in total. The van der Waals surface area contributed by atoms with Gasteiger partial charge in [-0.25, -0.2) is 4.39 Å². The maximum Gasteiger partial charge on any atom is 0.109 e. The van der Waals surface area contributed by atoms with Gasteiger partial charge < -0.3 is 5.73 Å². The number of aryl methyl sites for hydroxylation is 1. The number of benzene rings is 1. The average Bonchev–Trinajstić information content (AvgIpc) is 2.03. The van der Waals surface area contributed by atoms with E-state index < -0.39 is 12.7 Å². The molecule has 12 heavy (non-hydrogen) atoms. The lowest BCUT2D eigenvalue weighted by Gasteiger charge is -2.09. The van der Waals surface area contributed by atoms with Crippen LogP contribution in [0.25, 0.3) is 0 Å². The Labute approximate surface area is 79.9 Å². The molecule has 1 aromatic carbocycles. The summed E-state index contributed by atoms with van der Waals surface area (Å²) in [6, 6.07) is 5.20. The van der Waals surface area contributed by atoms with Crippen LogP contribution in [0.15, 0.2) is 22.7 Å². The molecule has 1 rings (SSSR count). The second kappa shape index (κ2) is 4.01. The van der Waals surface area contributed by atoms with E-state index in [1.165, 1.54) is 0 Å². The van der Waals surface area contributed by atoms with E-state index in [9.17, 15) is 4.39 Å². The van der Waals surface area contributed by atoms with Crippen molar-refractivity contribution < 1.29 is 4.39 Å². The third-order valence-corrected chi connectivity index (χ3v) is 2.41. The first-order valence-electron chi connectivity index (χ1n) is 3.72. The molecule has 3 heteroatoms. The molecule has 0 fully saturated rings. The van der Waals surface area contributed by atoms with Crippen molar-refractivity contribution in [3.05, 3.63) is 33.8 Å². The van der Waals surface area contributed by atoms with Crippen LogP contribution in [0.5, 0.6) is 0 Å². The molecule has 66 valence electrons. The Bertz CT molecular complexity index is 275. The molecule has 0 saturated heterocycles. The minimum Gasteiger partial charge on any atom is -0.322 e. The monoisotopic (exact) mass is 231 g/mol. The lowest BCUT2D eigenvalue weighted by molar-refractivity contribution is 0.436. The van der Waals surface area contributed by atoms with Gasteiger partial charge in [0.25, 0.3) is 0 Å². The van der Waals surface area contributed by atoms with Crippen LogP contribution in [0.2, 0.25) is 0 Å². The summed E-state index contributed by atoms with van der Waals surface area (Å²) in [5, 5.41) is 0. The van der Waals surface area contributed by atoms with Crippen molar-refractivity contribution in [1.29, 1.82) is 0 Å². The van der Waals surface area contributed by atoms with Crippen molar-refractivity contribution >= 4 is 15.9 Å². The molecule has 0 amide bonds. The number of halogens is 2. The van der Waals surface area contributed by atoms with Gasteiger partial charge in [0.2, 0.25) is 0 Å². The molecular formula is C9H11BrFN. The largest absolute Gasteiger partial charge is 0.322 e. The second-order valence-electron chi connectivity index (χ2n) is 2.79. The van der Waals surface area contributed by atoms with Crippen molar-refractivity contribution in [3.63, 3.8) is 0 Å². The van der Waals surface area contributed by atoms with E-state index in [0.717, 1.165) is 15.6 Å². The first kappa shape index (κ1) is 9.68. The summed E-state index contributed by atoms with van der Waals surface area (Å²) < 4.78 is 13.1. The van der Waals surface area contributed by atoms with E-state index >= 15 is 0 Å². The van der Waals surface area contributed by atoms with Gasteiger partial charge >= 0.3 is 0 Å². The van der Waals surface area contributed by atoms with Gasteiger partial charge in [-0.05, 0) is 24.1 Å². The summed E-state index contributed by atoms with van der Waals surface area (Å²) in [7, 11) is 0. The Morgan fingerprint density at radius 2 is 2.25 bits per heavy atom. The Morgan fingerprint density at radius 1 is 1.58 bits per heavy atom. The molecule has 1 unspecified atom stereocenters. The van der Waals surface area contributed by atoms with Crippen LogP contribution in [-0.2, 0) is 0 Å². The van der Waals surface area contributed by atoms with E-state index in [1.54, 1.807) is 0 Å². The smallest absolute Gasteiger partial charge is 0.109 e. The molecule has 1 aromatic rings. The minimum absolute atomic E-state index is 0.514. The highest BCUT2D eigenvalue weighted by atomic mass is 79.9. The first-order valence-corrected chi connectivity index (χ1v) is 4.52. The SMILES string of the molecule is Cc1ccc(C(N)CF)c(Br)c1. The zero-order valence-corrected chi connectivity index (χ0v) is 8.44. The van der Waals surface area contributed by atoms with Crippen LogP contribution in [0.3, 0.4) is 0 Å². The Balaban J connectivity index is 3.01. The Morgan fingerprint density at radius 3 is 2.75 bits per heavy atom. The summed E-state index contributed by atoms with van der Waals surface area (Å²) in [5.41, 5.74) is 7.50. The van der Waals surface area contributed by atoms with Crippen molar-refractivity contribution in [1.82, 2.24) is 0 Å². The van der Waals surface area contributed by atoms with Gasteiger partial charge in [-0.2, -0.15) is 0 Å². The van der Waals surface area contributed by atoms with Gasteiger partial charge in [0.1, 0.15) is 6.67 Å². The molecule has 0 radical (unpaired) electrons. The van der Waals surface area contributed by atoms with Crippen LogP contribution in [0, 0.1) is 6.92 Å². The van der Waals surface area contributed by atoms with E-state index in [0.29, 0.717) is 0 Å². The first-order chi connectivity index (χ1) is 5.65. The number of hydrogen-bond donors (Lipinski definition) is 1. The molecule has 1 atom stereocenters. The molecule has 0 spiro atoms. The Hall–Kier alpha value is -0.410. The van der Waals surface area contributed by atoms with Gasteiger partial charge in [-0.1, -0.05) is 28.1 Å². The predicted molar refractivity (Wildman–Crippen MR) is 51.8 cm³/mol. The number of hydrogen-bond acceptors (Lipinski definition) is 1.